The minimum Gasteiger partial charge on any atom is -0.743 e. The molecule has 0 aliphatic rings. The molecular weight excluding hydrogens is 327 g/mol. The first-order valence-corrected chi connectivity index (χ1v) is 4.97. The maximum absolute atomic E-state index is 12.5. The standard InChI is InChI=1S/C5HF9O4S/c6-1(7)2(8)18-4(11,12)3(9,10)5(13,14)19(15,16)17/h(H,15,16,17)/p-1. The van der Waals surface area contributed by atoms with Crippen LogP contribution in [0, 0.1) is 0 Å². The lowest BCUT2D eigenvalue weighted by Crippen LogP contribution is -2.58. The highest BCUT2D eigenvalue weighted by Crippen LogP contribution is 2.49. The zero-order valence-electron chi connectivity index (χ0n) is 7.94. The molecule has 0 amide bonds. The van der Waals surface area contributed by atoms with E-state index in [0.717, 1.165) is 0 Å². The quantitative estimate of drug-likeness (QED) is 0.442. The highest BCUT2D eigenvalue weighted by atomic mass is 32.2. The lowest BCUT2D eigenvalue weighted by molar-refractivity contribution is -0.377. The van der Waals surface area contributed by atoms with Gasteiger partial charge in [-0.25, -0.2) is 8.42 Å². The topological polar surface area (TPSA) is 66.4 Å². The van der Waals surface area contributed by atoms with E-state index in [9.17, 15) is 52.5 Å². The molecule has 4 nitrogen and oxygen atoms in total. The molecule has 0 aromatic rings. The van der Waals surface area contributed by atoms with E-state index in [1.165, 1.54) is 0 Å². The van der Waals surface area contributed by atoms with Crippen LogP contribution in [0.2, 0.25) is 0 Å². The van der Waals surface area contributed by atoms with Gasteiger partial charge in [0.15, 0.2) is 10.1 Å². The number of alkyl halides is 6. The average molecular weight is 327 g/mol. The number of hydrogen-bond acceptors (Lipinski definition) is 4. The fourth-order valence-corrected chi connectivity index (χ4v) is 0.974. The fourth-order valence-electron chi connectivity index (χ4n) is 0.542. The second-order valence-electron chi connectivity index (χ2n) is 2.70. The van der Waals surface area contributed by atoms with Crippen LogP contribution in [0.5, 0.6) is 0 Å². The molecule has 0 spiro atoms. The molecule has 0 radical (unpaired) electrons. The largest absolute Gasteiger partial charge is 0.743 e. The van der Waals surface area contributed by atoms with Crippen molar-refractivity contribution < 1.29 is 57.2 Å². The van der Waals surface area contributed by atoms with Gasteiger partial charge >= 0.3 is 29.4 Å². The second kappa shape index (κ2) is 4.73. The molecule has 0 aromatic heterocycles. The molecule has 19 heavy (non-hydrogen) atoms. The highest BCUT2D eigenvalue weighted by Gasteiger charge is 2.77. The Balaban J connectivity index is 5.72. The predicted octanol–water partition coefficient (Wildman–Crippen LogP) is 2.40. The Bertz CT molecular complexity index is 477. The summed E-state index contributed by atoms with van der Waals surface area (Å²) in [4.78, 5) is 0. The van der Waals surface area contributed by atoms with Crippen molar-refractivity contribution in [1.82, 2.24) is 0 Å². The number of hydrogen-bond donors (Lipinski definition) is 0. The molecule has 0 aliphatic heterocycles. The normalized spacial score (nSPS) is 14.2. The second-order valence-corrected chi connectivity index (χ2v) is 4.12. The predicted molar refractivity (Wildman–Crippen MR) is 36.0 cm³/mol. The van der Waals surface area contributed by atoms with Crippen LogP contribution in [-0.2, 0) is 14.9 Å². The SMILES string of the molecule is O=S(=O)([O-])C(F)(F)C(F)(F)C(F)(F)OC(F)=C(F)F. The molecule has 0 saturated heterocycles. The third-order valence-corrected chi connectivity index (χ3v) is 2.30. The van der Waals surface area contributed by atoms with Gasteiger partial charge in [0.05, 0.1) is 0 Å². The molecule has 0 bridgehead atoms. The van der Waals surface area contributed by atoms with Crippen LogP contribution in [0.25, 0.3) is 0 Å². The van der Waals surface area contributed by atoms with E-state index >= 15 is 0 Å². The minimum atomic E-state index is -7.32. The summed E-state index contributed by atoms with van der Waals surface area (Å²) < 4.78 is 140. The van der Waals surface area contributed by atoms with Crippen molar-refractivity contribution in [2.45, 2.75) is 17.3 Å². The van der Waals surface area contributed by atoms with E-state index in [4.69, 9.17) is 0 Å². The van der Waals surface area contributed by atoms with Crippen LogP contribution < -0.4 is 0 Å². The zero-order valence-corrected chi connectivity index (χ0v) is 8.76. The first kappa shape index (κ1) is 17.8. The summed E-state index contributed by atoms with van der Waals surface area (Å²) in [6.07, 6.45) is -10.4. The van der Waals surface area contributed by atoms with Gasteiger partial charge in [-0.1, -0.05) is 0 Å². The summed E-state index contributed by atoms with van der Waals surface area (Å²) in [6, 6.07) is -3.65. The van der Waals surface area contributed by atoms with Crippen molar-refractivity contribution in [2.24, 2.45) is 0 Å². The van der Waals surface area contributed by atoms with E-state index in [2.05, 4.69) is 0 Å². The molecule has 0 aliphatic carbocycles. The van der Waals surface area contributed by atoms with Crippen LogP contribution in [-0.4, -0.2) is 30.3 Å². The van der Waals surface area contributed by atoms with Crippen molar-refractivity contribution in [3.05, 3.63) is 12.1 Å². The highest BCUT2D eigenvalue weighted by molar-refractivity contribution is 7.86. The molecule has 0 heterocycles. The maximum Gasteiger partial charge on any atom is 0.473 e. The van der Waals surface area contributed by atoms with Crippen molar-refractivity contribution in [3.8, 4) is 0 Å². The molecule has 114 valence electrons. The van der Waals surface area contributed by atoms with Crippen LogP contribution in [0.4, 0.5) is 39.5 Å². The first-order chi connectivity index (χ1) is 8.08. The number of ether oxygens (including phenoxy) is 1. The Hall–Kier alpha value is -1.18. The summed E-state index contributed by atoms with van der Waals surface area (Å²) in [5.41, 5.74) is 0. The smallest absolute Gasteiger partial charge is 0.473 e. The molecule has 0 aromatic carbocycles. The monoisotopic (exact) mass is 327 g/mol. The molecule has 0 rings (SSSR count). The van der Waals surface area contributed by atoms with Gasteiger partial charge in [-0.15, -0.1) is 0 Å². The Morgan fingerprint density at radius 3 is 1.58 bits per heavy atom. The first-order valence-electron chi connectivity index (χ1n) is 3.56. The van der Waals surface area contributed by atoms with E-state index in [1.54, 1.807) is 0 Å². The average Bonchev–Trinajstić information content (AvgIpc) is 2.14. The lowest BCUT2D eigenvalue weighted by atomic mass is 10.3. The summed E-state index contributed by atoms with van der Waals surface area (Å²) in [5, 5.41) is -6.93. The van der Waals surface area contributed by atoms with Gasteiger partial charge in [0, 0.05) is 0 Å². The number of rotatable bonds is 5. The van der Waals surface area contributed by atoms with Crippen LogP contribution in [0.3, 0.4) is 0 Å². The summed E-state index contributed by atoms with van der Waals surface area (Å²) in [5.74, 6) is -7.10. The Morgan fingerprint density at radius 2 is 1.32 bits per heavy atom. The van der Waals surface area contributed by atoms with Crippen LogP contribution in [0.15, 0.2) is 12.1 Å². The Labute approximate surface area is 97.7 Å². The number of halogens is 9. The molecule has 0 saturated carbocycles. The molecule has 0 fully saturated rings. The summed E-state index contributed by atoms with van der Waals surface area (Å²) in [7, 11) is -7.32. The maximum atomic E-state index is 12.5. The van der Waals surface area contributed by atoms with Crippen molar-refractivity contribution in [1.29, 1.82) is 0 Å². The summed E-state index contributed by atoms with van der Waals surface area (Å²) in [6.45, 7) is 0. The van der Waals surface area contributed by atoms with E-state index < -0.39 is 39.5 Å². The van der Waals surface area contributed by atoms with E-state index in [-0.39, 0.29) is 0 Å². The van der Waals surface area contributed by atoms with Crippen molar-refractivity contribution >= 4 is 10.1 Å². The van der Waals surface area contributed by atoms with Gasteiger partial charge < -0.3 is 9.29 Å². The van der Waals surface area contributed by atoms with Crippen LogP contribution in [0.1, 0.15) is 0 Å². The van der Waals surface area contributed by atoms with Crippen molar-refractivity contribution in [2.75, 3.05) is 0 Å². The third-order valence-electron chi connectivity index (χ3n) is 1.41. The van der Waals surface area contributed by atoms with Gasteiger partial charge in [0.25, 0.3) is 0 Å². The van der Waals surface area contributed by atoms with Gasteiger partial charge in [-0.05, 0) is 0 Å². The zero-order chi connectivity index (χ0) is 15.9. The van der Waals surface area contributed by atoms with Crippen molar-refractivity contribution in [3.63, 3.8) is 0 Å². The molecule has 0 atom stereocenters. The van der Waals surface area contributed by atoms with E-state index in [1.807, 2.05) is 4.74 Å². The lowest BCUT2D eigenvalue weighted by Gasteiger charge is -2.32. The molecule has 14 heteroatoms. The van der Waals surface area contributed by atoms with Gasteiger partial charge in [-0.3, -0.25) is 0 Å². The minimum absolute atomic E-state index is 1.94. The third kappa shape index (κ3) is 3.05. The Kier molecular flexibility index (Phi) is 4.44. The Morgan fingerprint density at radius 1 is 0.947 bits per heavy atom. The van der Waals surface area contributed by atoms with Gasteiger partial charge in [-0.2, -0.15) is 39.5 Å². The summed E-state index contributed by atoms with van der Waals surface area (Å²) >= 11 is 0. The fraction of sp³-hybridized carbons (Fsp3) is 0.600. The van der Waals surface area contributed by atoms with Crippen LogP contribution >= 0.6 is 0 Å². The molecule has 0 N–H and O–H groups in total. The molecular formula is C5F9O4S-. The van der Waals surface area contributed by atoms with E-state index in [0.29, 0.717) is 0 Å². The van der Waals surface area contributed by atoms with Gasteiger partial charge in [0.1, 0.15) is 0 Å². The molecule has 0 unspecified atom stereocenters. The van der Waals surface area contributed by atoms with Gasteiger partial charge in [0.2, 0.25) is 0 Å².